The largest absolute Gasteiger partial charge is 0.399 e. The summed E-state index contributed by atoms with van der Waals surface area (Å²) in [7, 11) is 0. The molecule has 0 spiro atoms. The number of aliphatic hydroxyl groups excluding tert-OH is 1. The van der Waals surface area contributed by atoms with E-state index in [0.717, 1.165) is 40.9 Å². The molecule has 1 aliphatic heterocycles. The number of nitrogens with two attached hydrogens (primary N) is 1. The van der Waals surface area contributed by atoms with Gasteiger partial charge in [0.15, 0.2) is 0 Å². The first-order valence-electron chi connectivity index (χ1n) is 7.14. The molecule has 0 aliphatic carbocycles. The number of aromatic nitrogens is 1. The van der Waals surface area contributed by atoms with E-state index in [1.165, 1.54) is 0 Å². The summed E-state index contributed by atoms with van der Waals surface area (Å²) in [4.78, 5) is 6.88. The second-order valence-corrected chi connectivity index (χ2v) is 5.77. The van der Waals surface area contributed by atoms with Crippen LogP contribution in [0.25, 0.3) is 10.9 Å². The molecule has 0 bridgehead atoms. The summed E-state index contributed by atoms with van der Waals surface area (Å²) >= 11 is 0. The number of pyridine rings is 1. The Hall–Kier alpha value is -1.81. The molecule has 2 unspecified atom stereocenters. The van der Waals surface area contributed by atoms with E-state index in [1.54, 1.807) is 0 Å². The zero-order valence-corrected chi connectivity index (χ0v) is 12.0. The van der Waals surface area contributed by atoms with Crippen LogP contribution in [0.4, 0.5) is 11.4 Å². The maximum absolute atomic E-state index is 9.68. The van der Waals surface area contributed by atoms with Gasteiger partial charge in [-0.25, -0.2) is 0 Å². The Labute approximate surface area is 119 Å². The van der Waals surface area contributed by atoms with Crippen molar-refractivity contribution in [3.63, 3.8) is 0 Å². The van der Waals surface area contributed by atoms with Gasteiger partial charge in [0.25, 0.3) is 0 Å². The Morgan fingerprint density at radius 1 is 1.40 bits per heavy atom. The summed E-state index contributed by atoms with van der Waals surface area (Å²) in [5.74, 6) is 0.504. The van der Waals surface area contributed by atoms with Crippen LogP contribution in [0.2, 0.25) is 0 Å². The number of benzene rings is 1. The van der Waals surface area contributed by atoms with E-state index in [-0.39, 0.29) is 12.6 Å². The number of hydrogen-bond donors (Lipinski definition) is 2. The third kappa shape index (κ3) is 2.10. The Balaban J connectivity index is 2.17. The fraction of sp³-hybridized carbons (Fsp3) is 0.438. The highest BCUT2D eigenvalue weighted by atomic mass is 16.3. The quantitative estimate of drug-likeness (QED) is 0.823. The molecule has 3 rings (SSSR count). The van der Waals surface area contributed by atoms with Gasteiger partial charge in [-0.2, -0.15) is 0 Å². The number of rotatable bonds is 2. The summed E-state index contributed by atoms with van der Waals surface area (Å²) in [6, 6.07) is 8.11. The SMILES string of the molecule is Cc1cc(N2CCC(C)C2CO)c2cc(N)ccc2n1. The van der Waals surface area contributed by atoms with Crippen molar-refractivity contribution >= 4 is 22.3 Å². The molecule has 0 amide bonds. The van der Waals surface area contributed by atoms with Crippen molar-refractivity contribution in [1.29, 1.82) is 0 Å². The molecular weight excluding hydrogens is 250 g/mol. The number of nitrogens with zero attached hydrogens (tertiary/aromatic N) is 2. The van der Waals surface area contributed by atoms with Crippen molar-refractivity contribution in [1.82, 2.24) is 4.98 Å². The fourth-order valence-corrected chi connectivity index (χ4v) is 3.18. The highest BCUT2D eigenvalue weighted by Gasteiger charge is 2.31. The van der Waals surface area contributed by atoms with E-state index in [0.29, 0.717) is 5.92 Å². The predicted molar refractivity (Wildman–Crippen MR) is 82.9 cm³/mol. The van der Waals surface area contributed by atoms with Crippen molar-refractivity contribution in [3.8, 4) is 0 Å². The molecule has 2 atom stereocenters. The van der Waals surface area contributed by atoms with Crippen LogP contribution in [-0.2, 0) is 0 Å². The van der Waals surface area contributed by atoms with Crippen LogP contribution < -0.4 is 10.6 Å². The molecule has 2 aromatic rings. The van der Waals surface area contributed by atoms with E-state index in [9.17, 15) is 5.11 Å². The van der Waals surface area contributed by atoms with Gasteiger partial charge < -0.3 is 15.7 Å². The maximum atomic E-state index is 9.68. The summed E-state index contributed by atoms with van der Waals surface area (Å²) < 4.78 is 0. The van der Waals surface area contributed by atoms with Gasteiger partial charge >= 0.3 is 0 Å². The summed E-state index contributed by atoms with van der Waals surface area (Å²) in [5, 5.41) is 10.8. The van der Waals surface area contributed by atoms with Crippen molar-refractivity contribution in [2.45, 2.75) is 26.3 Å². The minimum atomic E-state index is 0.182. The van der Waals surface area contributed by atoms with E-state index in [2.05, 4.69) is 22.9 Å². The molecule has 2 heterocycles. The zero-order valence-electron chi connectivity index (χ0n) is 12.0. The molecule has 4 heteroatoms. The van der Waals surface area contributed by atoms with Gasteiger partial charge in [0.05, 0.1) is 18.2 Å². The van der Waals surface area contributed by atoms with Gasteiger partial charge in [-0.05, 0) is 43.5 Å². The first-order chi connectivity index (χ1) is 9.60. The molecule has 1 aliphatic rings. The Bertz CT molecular complexity index is 641. The van der Waals surface area contributed by atoms with E-state index < -0.39 is 0 Å². The molecule has 1 aromatic carbocycles. The van der Waals surface area contributed by atoms with Gasteiger partial charge in [-0.1, -0.05) is 6.92 Å². The number of anilines is 2. The van der Waals surface area contributed by atoms with Crippen LogP contribution >= 0.6 is 0 Å². The first kappa shape index (κ1) is 13.2. The Morgan fingerprint density at radius 2 is 2.20 bits per heavy atom. The molecular formula is C16H21N3O. The second-order valence-electron chi connectivity index (χ2n) is 5.77. The van der Waals surface area contributed by atoms with E-state index in [1.807, 2.05) is 25.1 Å². The van der Waals surface area contributed by atoms with Crippen LogP contribution in [0.15, 0.2) is 24.3 Å². The lowest BCUT2D eigenvalue weighted by atomic mass is 10.0. The zero-order chi connectivity index (χ0) is 14.3. The normalized spacial score (nSPS) is 22.6. The first-order valence-corrected chi connectivity index (χ1v) is 7.14. The van der Waals surface area contributed by atoms with E-state index in [4.69, 9.17) is 5.73 Å². The lowest BCUT2D eigenvalue weighted by Gasteiger charge is -2.28. The average Bonchev–Trinajstić information content (AvgIpc) is 2.79. The van der Waals surface area contributed by atoms with Crippen LogP contribution in [0.1, 0.15) is 19.0 Å². The molecule has 106 valence electrons. The second kappa shape index (κ2) is 4.94. The molecule has 0 saturated carbocycles. The molecule has 4 nitrogen and oxygen atoms in total. The fourth-order valence-electron chi connectivity index (χ4n) is 3.18. The molecule has 1 aromatic heterocycles. The van der Waals surface area contributed by atoms with E-state index >= 15 is 0 Å². The van der Waals surface area contributed by atoms with Crippen molar-refractivity contribution in [2.24, 2.45) is 5.92 Å². The molecule has 1 fully saturated rings. The highest BCUT2D eigenvalue weighted by Crippen LogP contribution is 2.35. The Morgan fingerprint density at radius 3 is 2.95 bits per heavy atom. The maximum Gasteiger partial charge on any atom is 0.0727 e. The predicted octanol–water partition coefficient (Wildman–Crippen LogP) is 2.33. The number of aliphatic hydroxyl groups is 1. The minimum absolute atomic E-state index is 0.182. The average molecular weight is 271 g/mol. The minimum Gasteiger partial charge on any atom is -0.399 e. The summed E-state index contributed by atoms with van der Waals surface area (Å²) in [6.07, 6.45) is 1.11. The third-order valence-corrected chi connectivity index (χ3v) is 4.32. The van der Waals surface area contributed by atoms with Gasteiger partial charge in [-0.3, -0.25) is 4.98 Å². The lowest BCUT2D eigenvalue weighted by Crippen LogP contribution is -2.35. The van der Waals surface area contributed by atoms with Crippen molar-refractivity contribution in [3.05, 3.63) is 30.0 Å². The van der Waals surface area contributed by atoms with Crippen LogP contribution in [0.3, 0.4) is 0 Å². The highest BCUT2D eigenvalue weighted by molar-refractivity contribution is 5.94. The third-order valence-electron chi connectivity index (χ3n) is 4.32. The van der Waals surface area contributed by atoms with Crippen LogP contribution in [-0.4, -0.2) is 29.3 Å². The van der Waals surface area contributed by atoms with Crippen LogP contribution in [0, 0.1) is 12.8 Å². The summed E-state index contributed by atoms with van der Waals surface area (Å²) in [6.45, 7) is 5.37. The van der Waals surface area contributed by atoms with Crippen molar-refractivity contribution in [2.75, 3.05) is 23.8 Å². The number of nitrogen functional groups attached to an aromatic ring is 1. The smallest absolute Gasteiger partial charge is 0.0727 e. The number of fused-ring (bicyclic) bond motifs is 1. The van der Waals surface area contributed by atoms with Gasteiger partial charge in [-0.15, -0.1) is 0 Å². The monoisotopic (exact) mass is 271 g/mol. The van der Waals surface area contributed by atoms with Crippen LogP contribution in [0.5, 0.6) is 0 Å². The topological polar surface area (TPSA) is 62.4 Å². The van der Waals surface area contributed by atoms with Crippen molar-refractivity contribution < 1.29 is 5.11 Å². The number of hydrogen-bond acceptors (Lipinski definition) is 4. The standard InChI is InChI=1S/C16H21N3O/c1-10-5-6-19(16(10)9-20)15-7-11(2)18-14-4-3-12(17)8-13(14)15/h3-4,7-8,10,16,20H,5-6,9,17H2,1-2H3. The number of aryl methyl sites for hydroxylation is 1. The molecule has 0 radical (unpaired) electrons. The summed E-state index contributed by atoms with van der Waals surface area (Å²) in [5.41, 5.74) is 9.77. The van der Waals surface area contributed by atoms with Gasteiger partial charge in [0, 0.05) is 29.0 Å². The lowest BCUT2D eigenvalue weighted by molar-refractivity contribution is 0.245. The van der Waals surface area contributed by atoms with Gasteiger partial charge in [0.1, 0.15) is 0 Å². The Kier molecular flexibility index (Phi) is 3.26. The van der Waals surface area contributed by atoms with Gasteiger partial charge in [0.2, 0.25) is 0 Å². The molecule has 20 heavy (non-hydrogen) atoms. The molecule has 1 saturated heterocycles. The molecule has 3 N–H and O–H groups in total.